The third kappa shape index (κ3) is 8.81. The second kappa shape index (κ2) is 8.32. The molecule has 0 radical (unpaired) electrons. The Bertz CT molecular complexity index is 93.8. The van der Waals surface area contributed by atoms with E-state index < -0.39 is 0 Å². The molecule has 0 saturated heterocycles. The van der Waals surface area contributed by atoms with Crippen molar-refractivity contribution in [2.45, 2.75) is 46.5 Å². The number of halogens is 1. The Morgan fingerprint density at radius 3 is 2.33 bits per heavy atom. The molecule has 0 saturated carbocycles. The van der Waals surface area contributed by atoms with Gasteiger partial charge in [-0.1, -0.05) is 51.3 Å². The third-order valence-corrected chi connectivity index (χ3v) is 4.67. The van der Waals surface area contributed by atoms with Crippen LogP contribution in [0.3, 0.4) is 0 Å². The van der Waals surface area contributed by atoms with Crippen molar-refractivity contribution >= 4 is 18.5 Å². The van der Waals surface area contributed by atoms with Crippen LogP contribution in [0.5, 0.6) is 0 Å². The average molecular weight is 209 g/mol. The van der Waals surface area contributed by atoms with E-state index in [9.17, 15) is 0 Å². The van der Waals surface area contributed by atoms with Crippen LogP contribution in [0.1, 0.15) is 46.5 Å². The van der Waals surface area contributed by atoms with Gasteiger partial charge in [0, 0.05) is 0 Å². The predicted molar refractivity (Wildman–Crippen MR) is 61.5 cm³/mol. The Balaban J connectivity index is 3.14. The van der Waals surface area contributed by atoms with Gasteiger partial charge in [-0.2, -0.15) is 0 Å². The highest BCUT2D eigenvalue weighted by Crippen LogP contribution is 2.43. The average Bonchev–Trinajstić information content (AvgIpc) is 1.97. The Morgan fingerprint density at radius 1 is 1.17 bits per heavy atom. The Morgan fingerprint density at radius 2 is 1.83 bits per heavy atom. The smallest absolute Gasteiger partial charge is 0.00948 e. The van der Waals surface area contributed by atoms with Gasteiger partial charge in [0.2, 0.25) is 0 Å². The minimum Gasteiger partial charge on any atom is -0.0964 e. The first-order chi connectivity index (χ1) is 5.66. The van der Waals surface area contributed by atoms with Crippen LogP contribution < -0.4 is 0 Å². The fourth-order valence-electron chi connectivity index (χ4n) is 1.20. The van der Waals surface area contributed by atoms with Gasteiger partial charge < -0.3 is 0 Å². The van der Waals surface area contributed by atoms with Crippen molar-refractivity contribution in [3.05, 3.63) is 0 Å². The maximum atomic E-state index is 6.22. The van der Waals surface area contributed by atoms with Crippen LogP contribution in [0.2, 0.25) is 0 Å². The molecular formula is C10H22ClP. The quantitative estimate of drug-likeness (QED) is 0.414. The molecule has 0 aliphatic rings. The second-order valence-corrected chi connectivity index (χ2v) is 7.00. The molecule has 12 heavy (non-hydrogen) atoms. The predicted octanol–water partition coefficient (Wildman–Crippen LogP) is 4.86. The largest absolute Gasteiger partial charge is 0.0964 e. The van der Waals surface area contributed by atoms with E-state index >= 15 is 0 Å². The molecule has 0 aromatic rings. The summed E-state index contributed by atoms with van der Waals surface area (Å²) < 4.78 is 0. The molecule has 0 aliphatic carbocycles. The standard InChI is InChI=1S/C10H22ClP/c1-4-5-6-7-8-12(11)9-10(2)3/h10H,4-9H2,1-3H3. The van der Waals surface area contributed by atoms with E-state index in [2.05, 4.69) is 20.8 Å². The highest BCUT2D eigenvalue weighted by atomic mass is 35.7. The summed E-state index contributed by atoms with van der Waals surface area (Å²) in [4.78, 5) is 0. The highest BCUT2D eigenvalue weighted by Gasteiger charge is 2.05. The molecule has 1 unspecified atom stereocenters. The summed E-state index contributed by atoms with van der Waals surface area (Å²) in [6.45, 7) is 6.76. The van der Waals surface area contributed by atoms with E-state index in [4.69, 9.17) is 11.2 Å². The second-order valence-electron chi connectivity index (χ2n) is 3.82. The molecule has 0 N–H and O–H groups in total. The van der Waals surface area contributed by atoms with Gasteiger partial charge in [-0.15, -0.1) is 0 Å². The molecule has 0 heterocycles. The first-order valence-corrected chi connectivity index (χ1v) is 7.69. The van der Waals surface area contributed by atoms with Gasteiger partial charge in [0.1, 0.15) is 0 Å². The number of unbranched alkanes of at least 4 members (excludes halogenated alkanes) is 3. The Kier molecular flexibility index (Phi) is 8.82. The first-order valence-electron chi connectivity index (χ1n) is 5.07. The van der Waals surface area contributed by atoms with Crippen LogP contribution in [0, 0.1) is 5.92 Å². The van der Waals surface area contributed by atoms with Crippen LogP contribution in [-0.4, -0.2) is 12.3 Å². The van der Waals surface area contributed by atoms with E-state index in [0.717, 1.165) is 5.92 Å². The zero-order valence-electron chi connectivity index (χ0n) is 8.65. The summed E-state index contributed by atoms with van der Waals surface area (Å²) >= 11 is 6.22. The maximum Gasteiger partial charge on any atom is -0.00948 e. The number of rotatable bonds is 7. The lowest BCUT2D eigenvalue weighted by molar-refractivity contribution is 0.701. The maximum absolute atomic E-state index is 6.22. The molecule has 2 heteroatoms. The molecule has 0 fully saturated rings. The zero-order valence-corrected chi connectivity index (χ0v) is 10.3. The van der Waals surface area contributed by atoms with E-state index in [0.29, 0.717) is 0 Å². The van der Waals surface area contributed by atoms with Crippen molar-refractivity contribution in [1.82, 2.24) is 0 Å². The molecule has 0 rings (SSSR count). The van der Waals surface area contributed by atoms with Gasteiger partial charge in [0.05, 0.1) is 0 Å². The van der Waals surface area contributed by atoms with Gasteiger partial charge >= 0.3 is 0 Å². The van der Waals surface area contributed by atoms with Crippen molar-refractivity contribution < 1.29 is 0 Å². The summed E-state index contributed by atoms with van der Waals surface area (Å²) in [5.74, 6) is 0.778. The van der Waals surface area contributed by atoms with Crippen LogP contribution in [0.15, 0.2) is 0 Å². The van der Waals surface area contributed by atoms with Crippen molar-refractivity contribution in [2.75, 3.05) is 12.3 Å². The fourth-order valence-corrected chi connectivity index (χ4v) is 3.93. The van der Waals surface area contributed by atoms with Crippen LogP contribution in [-0.2, 0) is 0 Å². The summed E-state index contributed by atoms with van der Waals surface area (Å²) in [5, 5.41) is 0. The number of hydrogen-bond donors (Lipinski definition) is 0. The molecule has 0 aromatic carbocycles. The molecule has 0 aliphatic heterocycles. The van der Waals surface area contributed by atoms with Crippen LogP contribution in [0.4, 0.5) is 0 Å². The lowest BCUT2D eigenvalue weighted by Gasteiger charge is -2.11. The number of hydrogen-bond acceptors (Lipinski definition) is 0. The Hall–Kier alpha value is 0.720. The third-order valence-electron chi connectivity index (χ3n) is 1.82. The molecule has 74 valence electrons. The Labute approximate surface area is 83.6 Å². The van der Waals surface area contributed by atoms with Crippen LogP contribution in [0.25, 0.3) is 0 Å². The molecule has 0 bridgehead atoms. The van der Waals surface area contributed by atoms with E-state index in [1.807, 2.05) is 0 Å². The van der Waals surface area contributed by atoms with E-state index in [-0.39, 0.29) is 7.27 Å². The molecular weight excluding hydrogens is 187 g/mol. The van der Waals surface area contributed by atoms with Gasteiger partial charge in [-0.25, -0.2) is 0 Å². The minimum atomic E-state index is -0.164. The summed E-state index contributed by atoms with van der Waals surface area (Å²) in [6, 6.07) is 0. The summed E-state index contributed by atoms with van der Waals surface area (Å²) in [5.41, 5.74) is 0. The monoisotopic (exact) mass is 208 g/mol. The van der Waals surface area contributed by atoms with Gasteiger partial charge in [-0.3, -0.25) is 0 Å². The van der Waals surface area contributed by atoms with Crippen molar-refractivity contribution in [3.8, 4) is 0 Å². The molecule has 1 atom stereocenters. The van der Waals surface area contributed by atoms with Gasteiger partial charge in [-0.05, 0) is 31.9 Å². The van der Waals surface area contributed by atoms with E-state index in [1.54, 1.807) is 0 Å². The molecule has 0 spiro atoms. The zero-order chi connectivity index (χ0) is 9.40. The van der Waals surface area contributed by atoms with Crippen molar-refractivity contribution in [1.29, 1.82) is 0 Å². The first kappa shape index (κ1) is 12.7. The fraction of sp³-hybridized carbons (Fsp3) is 1.00. The van der Waals surface area contributed by atoms with Gasteiger partial charge in [0.15, 0.2) is 0 Å². The lowest BCUT2D eigenvalue weighted by Crippen LogP contribution is -1.93. The minimum absolute atomic E-state index is 0.164. The van der Waals surface area contributed by atoms with Crippen molar-refractivity contribution in [2.24, 2.45) is 5.92 Å². The van der Waals surface area contributed by atoms with Crippen molar-refractivity contribution in [3.63, 3.8) is 0 Å². The summed E-state index contributed by atoms with van der Waals surface area (Å²) in [6.07, 6.45) is 7.93. The molecule has 0 nitrogen and oxygen atoms in total. The lowest BCUT2D eigenvalue weighted by atomic mass is 10.2. The molecule has 0 aromatic heterocycles. The van der Waals surface area contributed by atoms with E-state index in [1.165, 1.54) is 38.0 Å². The summed E-state index contributed by atoms with van der Waals surface area (Å²) in [7, 11) is -0.164. The topological polar surface area (TPSA) is 0 Å². The SMILES string of the molecule is CCCCCCP(Cl)CC(C)C. The van der Waals surface area contributed by atoms with Gasteiger partial charge in [0.25, 0.3) is 0 Å². The van der Waals surface area contributed by atoms with Crippen LogP contribution >= 0.6 is 18.5 Å². The normalized spacial score (nSPS) is 13.8. The highest BCUT2D eigenvalue weighted by molar-refractivity contribution is 7.83. The molecule has 0 amide bonds.